The number of anilines is 1. The Balaban J connectivity index is 2.07. The number of fused-ring (bicyclic) bond motifs is 1. The molecule has 1 N–H and O–H groups in total. The molecule has 0 aromatic heterocycles. The van der Waals surface area contributed by atoms with E-state index >= 15 is 0 Å². The number of nitrogens with zero attached hydrogens (tertiary/aromatic N) is 1. The van der Waals surface area contributed by atoms with E-state index in [1.165, 1.54) is 5.56 Å². The first-order chi connectivity index (χ1) is 7.69. The molecule has 1 aromatic carbocycles. The highest BCUT2D eigenvalue weighted by molar-refractivity contribution is 7.80. The fourth-order valence-corrected chi connectivity index (χ4v) is 2.28. The predicted octanol–water partition coefficient (Wildman–Crippen LogP) is 1.54. The maximum absolute atomic E-state index is 11.2. The van der Waals surface area contributed by atoms with Gasteiger partial charge in [-0.05, 0) is 24.2 Å². The van der Waals surface area contributed by atoms with Gasteiger partial charge in [0.15, 0.2) is 0 Å². The van der Waals surface area contributed by atoms with Gasteiger partial charge in [0.2, 0.25) is 5.91 Å². The second kappa shape index (κ2) is 4.89. The van der Waals surface area contributed by atoms with E-state index in [4.69, 9.17) is 0 Å². The predicted molar refractivity (Wildman–Crippen MR) is 69.0 cm³/mol. The first-order valence-corrected chi connectivity index (χ1v) is 6.03. The minimum Gasteiger partial charge on any atom is -0.326 e. The summed E-state index contributed by atoms with van der Waals surface area (Å²) in [4.78, 5) is 13.4. The molecule has 1 amide bonds. The second-order valence-electron chi connectivity index (χ2n) is 4.18. The molecule has 0 saturated carbocycles. The number of hydrogen-bond acceptors (Lipinski definition) is 3. The molecule has 2 rings (SSSR count). The van der Waals surface area contributed by atoms with Crippen molar-refractivity contribution in [3.05, 3.63) is 29.3 Å². The van der Waals surface area contributed by atoms with Crippen LogP contribution in [-0.2, 0) is 17.8 Å². The molecule has 0 unspecified atom stereocenters. The van der Waals surface area contributed by atoms with Crippen LogP contribution in [-0.4, -0.2) is 30.2 Å². The molecule has 86 valence electrons. The number of amides is 1. The zero-order chi connectivity index (χ0) is 11.5. The average Bonchev–Trinajstić information content (AvgIpc) is 2.57. The van der Waals surface area contributed by atoms with Gasteiger partial charge in [-0.3, -0.25) is 4.79 Å². The van der Waals surface area contributed by atoms with Crippen molar-refractivity contribution in [2.24, 2.45) is 0 Å². The minimum atomic E-state index is 0.0934. The highest BCUT2D eigenvalue weighted by Gasteiger charge is 2.17. The van der Waals surface area contributed by atoms with Gasteiger partial charge < -0.3 is 10.2 Å². The highest BCUT2D eigenvalue weighted by Crippen LogP contribution is 2.24. The molecule has 1 heterocycles. The molecule has 0 bridgehead atoms. The summed E-state index contributed by atoms with van der Waals surface area (Å²) >= 11 is 4.21. The first-order valence-electron chi connectivity index (χ1n) is 5.40. The lowest BCUT2D eigenvalue weighted by molar-refractivity contribution is -0.115. The van der Waals surface area contributed by atoms with Gasteiger partial charge in [-0.1, -0.05) is 12.1 Å². The summed E-state index contributed by atoms with van der Waals surface area (Å²) in [6.45, 7) is 1.87. The monoisotopic (exact) mass is 236 g/mol. The van der Waals surface area contributed by atoms with E-state index in [1.54, 1.807) is 0 Å². The first kappa shape index (κ1) is 11.5. The number of nitrogens with one attached hydrogen (secondary N) is 1. The molecule has 1 aliphatic rings. The van der Waals surface area contributed by atoms with Crippen molar-refractivity contribution in [2.75, 3.05) is 24.7 Å². The zero-order valence-electron chi connectivity index (χ0n) is 9.36. The van der Waals surface area contributed by atoms with Crippen molar-refractivity contribution in [1.29, 1.82) is 0 Å². The topological polar surface area (TPSA) is 32.3 Å². The Morgan fingerprint density at radius 1 is 1.50 bits per heavy atom. The molecule has 0 radical (unpaired) electrons. The fraction of sp³-hybridized carbons (Fsp3) is 0.417. The van der Waals surface area contributed by atoms with Gasteiger partial charge >= 0.3 is 0 Å². The van der Waals surface area contributed by atoms with Gasteiger partial charge in [0.25, 0.3) is 0 Å². The summed E-state index contributed by atoms with van der Waals surface area (Å²) in [5.74, 6) is 0.956. The van der Waals surface area contributed by atoms with Crippen molar-refractivity contribution in [2.45, 2.75) is 13.0 Å². The van der Waals surface area contributed by atoms with Crippen LogP contribution in [0, 0.1) is 0 Å². The summed E-state index contributed by atoms with van der Waals surface area (Å²) in [6, 6.07) is 6.17. The number of hydrogen-bond donors (Lipinski definition) is 2. The van der Waals surface area contributed by atoms with Crippen molar-refractivity contribution in [1.82, 2.24) is 4.90 Å². The normalized spacial score (nSPS) is 14.1. The Hall–Kier alpha value is -1.00. The number of carbonyl (C=O) groups excluding carboxylic acids is 1. The van der Waals surface area contributed by atoms with E-state index in [2.05, 4.69) is 42.0 Å². The standard InChI is InChI=1S/C12H16N2OS/c1-14(4-5-16)8-9-2-3-11-10(6-9)7-12(15)13-11/h2-3,6,16H,4-5,7-8H2,1H3,(H,13,15). The van der Waals surface area contributed by atoms with Crippen molar-refractivity contribution < 1.29 is 4.79 Å². The molecule has 0 atom stereocenters. The maximum Gasteiger partial charge on any atom is 0.228 e. The Kier molecular flexibility index (Phi) is 3.51. The van der Waals surface area contributed by atoms with Crippen molar-refractivity contribution >= 4 is 24.2 Å². The van der Waals surface area contributed by atoms with Crippen molar-refractivity contribution in [3.63, 3.8) is 0 Å². The third-order valence-electron chi connectivity index (χ3n) is 2.73. The molecule has 4 heteroatoms. The number of benzene rings is 1. The molecule has 0 spiro atoms. The van der Waals surface area contributed by atoms with Gasteiger partial charge in [-0.2, -0.15) is 12.6 Å². The van der Waals surface area contributed by atoms with Gasteiger partial charge in [0, 0.05) is 24.5 Å². The van der Waals surface area contributed by atoms with Gasteiger partial charge in [0.05, 0.1) is 6.42 Å². The molecule has 3 nitrogen and oxygen atoms in total. The largest absolute Gasteiger partial charge is 0.326 e. The van der Waals surface area contributed by atoms with Crippen molar-refractivity contribution in [3.8, 4) is 0 Å². The second-order valence-corrected chi connectivity index (χ2v) is 4.63. The van der Waals surface area contributed by atoms with Gasteiger partial charge in [-0.15, -0.1) is 0 Å². The molecular weight excluding hydrogens is 220 g/mol. The molecule has 1 aliphatic heterocycles. The Morgan fingerprint density at radius 2 is 2.31 bits per heavy atom. The number of carbonyl (C=O) groups is 1. The fourth-order valence-electron chi connectivity index (χ4n) is 1.94. The van der Waals surface area contributed by atoms with Crippen LogP contribution < -0.4 is 5.32 Å². The third kappa shape index (κ3) is 2.57. The summed E-state index contributed by atoms with van der Waals surface area (Å²) in [5, 5.41) is 2.84. The van der Waals surface area contributed by atoms with Crippen LogP contribution >= 0.6 is 12.6 Å². The van der Waals surface area contributed by atoms with E-state index < -0.39 is 0 Å². The Labute approximate surface area is 101 Å². The van der Waals surface area contributed by atoms with Crippen LogP contribution in [0.25, 0.3) is 0 Å². The molecule has 0 saturated heterocycles. The smallest absolute Gasteiger partial charge is 0.228 e. The Bertz CT molecular complexity index is 406. The zero-order valence-corrected chi connectivity index (χ0v) is 10.3. The molecule has 0 fully saturated rings. The molecule has 1 aromatic rings. The molecular formula is C12H16N2OS. The summed E-state index contributed by atoms with van der Waals surface area (Å²) < 4.78 is 0. The lowest BCUT2D eigenvalue weighted by atomic mass is 10.1. The average molecular weight is 236 g/mol. The minimum absolute atomic E-state index is 0.0934. The maximum atomic E-state index is 11.2. The number of thiol groups is 1. The summed E-state index contributed by atoms with van der Waals surface area (Å²) in [5.41, 5.74) is 3.33. The van der Waals surface area contributed by atoms with E-state index in [1.807, 2.05) is 6.07 Å². The lowest BCUT2D eigenvalue weighted by Crippen LogP contribution is -2.20. The van der Waals surface area contributed by atoms with E-state index in [9.17, 15) is 4.79 Å². The quantitative estimate of drug-likeness (QED) is 0.777. The Morgan fingerprint density at radius 3 is 3.06 bits per heavy atom. The SMILES string of the molecule is CN(CCS)Cc1ccc2c(c1)CC(=O)N2. The van der Waals surface area contributed by atoms with Crippen LogP contribution in [0.1, 0.15) is 11.1 Å². The van der Waals surface area contributed by atoms with E-state index in [0.29, 0.717) is 6.42 Å². The summed E-state index contributed by atoms with van der Waals surface area (Å²) in [7, 11) is 2.08. The van der Waals surface area contributed by atoms with Gasteiger partial charge in [-0.25, -0.2) is 0 Å². The van der Waals surface area contributed by atoms with Crippen LogP contribution in [0.5, 0.6) is 0 Å². The number of rotatable bonds is 4. The molecule has 0 aliphatic carbocycles. The van der Waals surface area contributed by atoms with E-state index in [-0.39, 0.29) is 5.91 Å². The lowest BCUT2D eigenvalue weighted by Gasteiger charge is -2.15. The van der Waals surface area contributed by atoms with Crippen LogP contribution in [0.4, 0.5) is 5.69 Å². The van der Waals surface area contributed by atoms with E-state index in [0.717, 1.165) is 30.1 Å². The van der Waals surface area contributed by atoms with Crippen LogP contribution in [0.15, 0.2) is 18.2 Å². The highest BCUT2D eigenvalue weighted by atomic mass is 32.1. The summed E-state index contributed by atoms with van der Waals surface area (Å²) in [6.07, 6.45) is 0.513. The van der Waals surface area contributed by atoms with Crippen LogP contribution in [0.3, 0.4) is 0 Å². The van der Waals surface area contributed by atoms with Crippen LogP contribution in [0.2, 0.25) is 0 Å². The van der Waals surface area contributed by atoms with Gasteiger partial charge in [0.1, 0.15) is 0 Å². The third-order valence-corrected chi connectivity index (χ3v) is 2.93. The molecule has 16 heavy (non-hydrogen) atoms.